The first-order valence-corrected chi connectivity index (χ1v) is 22.0. The maximum absolute atomic E-state index is 11.0. The largest absolute Gasteiger partial charge is 0.463 e. The highest BCUT2D eigenvalue weighted by atomic mass is 16.6. The Hall–Kier alpha value is -6.43. The third kappa shape index (κ3) is 50.6. The predicted octanol–water partition coefficient (Wildman–Crippen LogP) is 7.57. The number of unbranched alkanes of at least 4 members (excludes halogenated alkanes) is 1. The summed E-state index contributed by atoms with van der Waals surface area (Å²) in [5.41, 5.74) is 0.979. The minimum atomic E-state index is -0.501. The van der Waals surface area contributed by atoms with Gasteiger partial charge in [0.25, 0.3) is 0 Å². The quantitative estimate of drug-likeness (QED) is 0.0432. The summed E-state index contributed by atoms with van der Waals surface area (Å²) in [5.74, 6) is -2.82. The van der Waals surface area contributed by atoms with E-state index in [0.29, 0.717) is 26.4 Å². The van der Waals surface area contributed by atoms with Crippen molar-refractivity contribution in [2.45, 2.75) is 111 Å². The van der Waals surface area contributed by atoms with Crippen LogP contribution in [-0.2, 0) is 82.8 Å². The zero-order valence-electron chi connectivity index (χ0n) is 40.8. The van der Waals surface area contributed by atoms with E-state index < -0.39 is 17.9 Å². The highest BCUT2D eigenvalue weighted by molar-refractivity contribution is 5.83. The Bertz CT molecular complexity index is 1600. The van der Waals surface area contributed by atoms with Gasteiger partial charge in [0.1, 0.15) is 32.0 Å². The molecule has 0 aliphatic heterocycles. The van der Waals surface area contributed by atoms with Crippen LogP contribution in [0.3, 0.4) is 0 Å². The maximum Gasteiger partial charge on any atom is 0.330 e. The normalized spacial score (nSPS) is 12.1. The van der Waals surface area contributed by atoms with Crippen molar-refractivity contribution in [2.24, 2.45) is 0 Å². The summed E-state index contributed by atoms with van der Waals surface area (Å²) in [6.07, 6.45) is 15.0. The number of ether oxygens (including phenoxy) is 9. The van der Waals surface area contributed by atoms with Gasteiger partial charge in [-0.2, -0.15) is 0 Å². The van der Waals surface area contributed by atoms with Crippen LogP contribution in [0.4, 0.5) is 0 Å². The van der Waals surface area contributed by atoms with Crippen LogP contribution in [0.2, 0.25) is 0 Å². The van der Waals surface area contributed by atoms with Gasteiger partial charge in [-0.1, -0.05) is 96.1 Å². The number of hydrogen-bond donors (Lipinski definition) is 1. The molecule has 1 aliphatic carbocycles. The van der Waals surface area contributed by atoms with E-state index in [4.69, 9.17) is 33.5 Å². The highest BCUT2D eigenvalue weighted by Crippen LogP contribution is 2.20. The number of carbonyl (C=O) groups excluding carboxylic acids is 7. The zero-order valence-corrected chi connectivity index (χ0v) is 40.8. The Kier molecular flexibility index (Phi) is 50.1. The second kappa shape index (κ2) is 50.0. The number of aliphatic hydroxyl groups is 1. The topological polar surface area (TPSA) is 223 Å². The van der Waals surface area contributed by atoms with Gasteiger partial charge < -0.3 is 47.7 Å². The van der Waals surface area contributed by atoms with Crippen LogP contribution in [0, 0.1) is 0 Å². The van der Waals surface area contributed by atoms with Crippen molar-refractivity contribution in [1.82, 2.24) is 0 Å². The van der Waals surface area contributed by atoms with Crippen LogP contribution in [-0.4, -0.2) is 118 Å². The number of aliphatic hydroxyl groups excluding tert-OH is 1. The van der Waals surface area contributed by atoms with E-state index in [1.165, 1.54) is 31.4 Å². The molecule has 3 atom stereocenters. The van der Waals surface area contributed by atoms with Crippen molar-refractivity contribution >= 4 is 41.8 Å². The SMILES string of the molecule is C=CC(=O)OC1CCCCC1.C=CC(=O)OCC.C=CC(=O)OCC(C)OCC(C)OCC(C)OC(=O)C=C.C=CC(=O)OCCCC.C=CC(=O)OCCO.C=CC(=O)OCc1ccccc1. The lowest BCUT2D eigenvalue weighted by molar-refractivity contribution is -0.148. The van der Waals surface area contributed by atoms with Gasteiger partial charge in [-0.3, -0.25) is 0 Å². The third-order valence-corrected chi connectivity index (χ3v) is 7.60. The van der Waals surface area contributed by atoms with Gasteiger partial charge in [-0.25, -0.2) is 33.6 Å². The summed E-state index contributed by atoms with van der Waals surface area (Å²) in [4.78, 5) is 73.8. The molecule has 3 unspecified atom stereocenters. The molecule has 1 aromatic rings. The van der Waals surface area contributed by atoms with Crippen LogP contribution in [0.1, 0.15) is 85.1 Å². The van der Waals surface area contributed by atoms with Crippen molar-refractivity contribution in [3.63, 3.8) is 0 Å². The van der Waals surface area contributed by atoms with Crippen molar-refractivity contribution in [3.05, 3.63) is 124 Å². The Labute approximate surface area is 403 Å². The Morgan fingerprint density at radius 1 is 0.559 bits per heavy atom. The predicted molar refractivity (Wildman–Crippen MR) is 258 cm³/mol. The second-order valence-electron chi connectivity index (χ2n) is 13.5. The molecule has 1 fully saturated rings. The van der Waals surface area contributed by atoms with E-state index >= 15 is 0 Å². The summed E-state index contributed by atoms with van der Waals surface area (Å²) in [6.45, 7) is 34.0. The van der Waals surface area contributed by atoms with Gasteiger partial charge in [-0.15, -0.1) is 0 Å². The minimum absolute atomic E-state index is 0.0465. The molecule has 0 saturated heterocycles. The van der Waals surface area contributed by atoms with Crippen molar-refractivity contribution in [2.75, 3.05) is 46.2 Å². The molecule has 1 saturated carbocycles. The van der Waals surface area contributed by atoms with Gasteiger partial charge in [-0.05, 0) is 65.4 Å². The molecule has 0 bridgehead atoms. The summed E-state index contributed by atoms with van der Waals surface area (Å²) < 4.78 is 44.1. The standard InChI is InChI=1S/C15H24O6.C10H10O2.C9H14O2.C7H12O2.C5H8O3.C5H8O2/c1-6-14(16)20-9-12(4)18-8-11(3)19-10-13(5)21-15(17)7-2;1-2-10(11)12-8-9-6-4-3-5-7-9;1-2-9(10)11-8-6-4-3-5-7-8;1-3-5-6-9-7(8)4-2;1-2-5(7)8-4-3-6;1-3-5(6)7-4-2/h6-7,11-13H,1-2,8-10H2,3-5H3;2-7H,1,8H2;2,8H,1,3-7H2;4H,2-3,5-6H2,1H3;2,6H,1,3-4H2;3H,1,4H2,2H3. The maximum atomic E-state index is 11.0. The summed E-state index contributed by atoms with van der Waals surface area (Å²) >= 11 is 0. The molecule has 0 radical (unpaired) electrons. The highest BCUT2D eigenvalue weighted by Gasteiger charge is 2.16. The molecule has 0 spiro atoms. The van der Waals surface area contributed by atoms with Crippen LogP contribution < -0.4 is 0 Å². The molecule has 68 heavy (non-hydrogen) atoms. The van der Waals surface area contributed by atoms with E-state index in [0.717, 1.165) is 61.6 Å². The van der Waals surface area contributed by atoms with Crippen molar-refractivity contribution in [1.29, 1.82) is 0 Å². The average Bonchev–Trinajstić information content (AvgIpc) is 3.36. The average molecular weight is 961 g/mol. The summed E-state index contributed by atoms with van der Waals surface area (Å²) in [7, 11) is 0. The Morgan fingerprint density at radius 3 is 1.46 bits per heavy atom. The van der Waals surface area contributed by atoms with E-state index in [2.05, 4.69) is 60.3 Å². The lowest BCUT2D eigenvalue weighted by Crippen LogP contribution is -2.27. The Balaban J connectivity index is -0.000000379. The fourth-order valence-electron chi connectivity index (χ4n) is 4.20. The molecule has 1 aromatic carbocycles. The van der Waals surface area contributed by atoms with Crippen LogP contribution in [0.15, 0.2) is 119 Å². The van der Waals surface area contributed by atoms with Crippen LogP contribution in [0.25, 0.3) is 0 Å². The Morgan fingerprint density at radius 2 is 1.00 bits per heavy atom. The first-order chi connectivity index (χ1) is 32.5. The molecule has 17 heteroatoms. The number of esters is 7. The second-order valence-corrected chi connectivity index (χ2v) is 13.5. The van der Waals surface area contributed by atoms with Crippen LogP contribution in [0.5, 0.6) is 0 Å². The molecule has 382 valence electrons. The lowest BCUT2D eigenvalue weighted by atomic mass is 9.98. The number of benzene rings is 1. The van der Waals surface area contributed by atoms with Gasteiger partial charge in [0.15, 0.2) is 0 Å². The van der Waals surface area contributed by atoms with E-state index in [1.54, 1.807) is 20.8 Å². The lowest BCUT2D eigenvalue weighted by Gasteiger charge is -2.20. The fraction of sp³-hybridized carbons (Fsp3) is 0.471. The third-order valence-electron chi connectivity index (χ3n) is 7.60. The number of hydrogen-bond acceptors (Lipinski definition) is 17. The smallest absolute Gasteiger partial charge is 0.330 e. The monoisotopic (exact) mass is 961 g/mol. The van der Waals surface area contributed by atoms with E-state index in [9.17, 15) is 33.6 Å². The van der Waals surface area contributed by atoms with Crippen molar-refractivity contribution < 1.29 is 81.3 Å². The van der Waals surface area contributed by atoms with E-state index in [-0.39, 0.29) is 74.7 Å². The summed E-state index contributed by atoms with van der Waals surface area (Å²) in [5, 5.41) is 8.10. The van der Waals surface area contributed by atoms with Gasteiger partial charge in [0, 0.05) is 42.5 Å². The molecular formula is C51H76O17. The molecule has 0 aromatic heterocycles. The molecule has 1 aliphatic rings. The molecular weight excluding hydrogens is 885 g/mol. The first-order valence-electron chi connectivity index (χ1n) is 22.0. The first kappa shape index (κ1) is 68.2. The van der Waals surface area contributed by atoms with Crippen LogP contribution >= 0.6 is 0 Å². The fourth-order valence-corrected chi connectivity index (χ4v) is 4.20. The summed E-state index contributed by atoms with van der Waals surface area (Å²) in [6, 6.07) is 9.51. The van der Waals surface area contributed by atoms with Gasteiger partial charge >= 0.3 is 41.8 Å². The van der Waals surface area contributed by atoms with E-state index in [1.807, 2.05) is 44.2 Å². The molecule has 2 rings (SSSR count). The molecule has 0 heterocycles. The molecule has 17 nitrogen and oxygen atoms in total. The van der Waals surface area contributed by atoms with Crippen molar-refractivity contribution in [3.8, 4) is 0 Å². The molecule has 1 N–H and O–H groups in total. The van der Waals surface area contributed by atoms with Gasteiger partial charge in [0.05, 0.1) is 45.2 Å². The minimum Gasteiger partial charge on any atom is -0.463 e. The number of carbonyl (C=O) groups is 7. The number of rotatable bonds is 25. The molecule has 0 amide bonds. The zero-order chi connectivity index (χ0) is 52.4. The van der Waals surface area contributed by atoms with Gasteiger partial charge in [0.2, 0.25) is 0 Å².